The minimum Gasteiger partial charge on any atom is -0.297 e. The number of rotatable bonds is 3. The molecular weight excluding hydrogens is 386 g/mol. The summed E-state index contributed by atoms with van der Waals surface area (Å²) < 4.78 is 27.5. The normalized spacial score (nSPS) is 17.5. The highest BCUT2D eigenvalue weighted by Crippen LogP contribution is 2.34. The van der Waals surface area contributed by atoms with Gasteiger partial charge in [0.05, 0.1) is 23.8 Å². The monoisotopic (exact) mass is 401 g/mol. The van der Waals surface area contributed by atoms with E-state index in [1.165, 1.54) is 27.9 Å². The maximum Gasteiger partial charge on any atom is 0.269 e. The Morgan fingerprint density at radius 2 is 1.93 bits per heavy atom. The number of carbonyl (C=O) groups is 1. The molecule has 3 aromatic rings. The van der Waals surface area contributed by atoms with Gasteiger partial charge in [-0.2, -0.15) is 0 Å². The average Bonchev–Trinajstić information content (AvgIpc) is 3.28. The molecule has 0 saturated carbocycles. The molecule has 7 nitrogen and oxygen atoms in total. The lowest BCUT2D eigenvalue weighted by Gasteiger charge is -2.15. The molecule has 3 heterocycles. The number of carbonyl (C=O) groups excluding carboxylic acids is 1. The summed E-state index contributed by atoms with van der Waals surface area (Å²) in [6, 6.07) is 6.16. The first kappa shape index (κ1) is 16.6. The quantitative estimate of drug-likeness (QED) is 0.668. The van der Waals surface area contributed by atoms with E-state index in [2.05, 4.69) is 4.98 Å². The molecule has 0 N–H and O–H groups in total. The Kier molecular flexibility index (Phi) is 3.54. The van der Waals surface area contributed by atoms with Crippen molar-refractivity contribution in [3.05, 3.63) is 57.0 Å². The summed E-state index contributed by atoms with van der Waals surface area (Å²) in [4.78, 5) is 31.7. The average molecular weight is 401 g/mol. The van der Waals surface area contributed by atoms with Gasteiger partial charge in [-0.25, -0.2) is 17.7 Å². The van der Waals surface area contributed by atoms with Crippen molar-refractivity contribution in [2.45, 2.75) is 30.7 Å². The van der Waals surface area contributed by atoms with Gasteiger partial charge in [-0.05, 0) is 37.0 Å². The number of aromatic nitrogens is 2. The summed E-state index contributed by atoms with van der Waals surface area (Å²) in [6.45, 7) is -0.0272. The maximum absolute atomic E-state index is 12.9. The van der Waals surface area contributed by atoms with Gasteiger partial charge in [0, 0.05) is 11.4 Å². The van der Waals surface area contributed by atoms with Crippen LogP contribution in [0.25, 0.3) is 10.2 Å². The van der Waals surface area contributed by atoms with Gasteiger partial charge in [0.25, 0.3) is 21.5 Å². The van der Waals surface area contributed by atoms with Gasteiger partial charge in [-0.1, -0.05) is 12.1 Å². The summed E-state index contributed by atoms with van der Waals surface area (Å²) in [7, 11) is -3.87. The highest BCUT2D eigenvalue weighted by Gasteiger charge is 2.40. The zero-order valence-corrected chi connectivity index (χ0v) is 15.8. The minimum atomic E-state index is -3.87. The van der Waals surface area contributed by atoms with Crippen LogP contribution in [0.15, 0.2) is 40.3 Å². The van der Waals surface area contributed by atoms with Gasteiger partial charge >= 0.3 is 0 Å². The van der Waals surface area contributed by atoms with E-state index < -0.39 is 15.9 Å². The van der Waals surface area contributed by atoms with Crippen LogP contribution >= 0.6 is 11.3 Å². The van der Waals surface area contributed by atoms with Crippen molar-refractivity contribution in [2.75, 3.05) is 6.54 Å². The molecule has 0 spiro atoms. The van der Waals surface area contributed by atoms with Crippen molar-refractivity contribution in [3.8, 4) is 0 Å². The Labute approximate surface area is 158 Å². The zero-order chi connectivity index (χ0) is 18.8. The third-order valence-corrected chi connectivity index (χ3v) is 8.19. The molecular formula is C18H15N3O4S2. The highest BCUT2D eigenvalue weighted by molar-refractivity contribution is 7.90. The largest absolute Gasteiger partial charge is 0.297 e. The van der Waals surface area contributed by atoms with Crippen molar-refractivity contribution in [2.24, 2.45) is 0 Å². The van der Waals surface area contributed by atoms with Gasteiger partial charge in [0.2, 0.25) is 0 Å². The van der Waals surface area contributed by atoms with Crippen LogP contribution in [0.4, 0.5) is 0 Å². The molecule has 0 radical (unpaired) electrons. The Hall–Kier alpha value is -2.52. The van der Waals surface area contributed by atoms with Gasteiger partial charge in [-0.3, -0.25) is 14.2 Å². The summed E-state index contributed by atoms with van der Waals surface area (Å²) in [6.07, 6.45) is 4.35. The molecule has 0 atom stereocenters. The molecule has 0 bridgehead atoms. The lowest BCUT2D eigenvalue weighted by Crippen LogP contribution is -2.35. The Morgan fingerprint density at radius 3 is 2.74 bits per heavy atom. The first-order chi connectivity index (χ1) is 13.0. The first-order valence-corrected chi connectivity index (χ1v) is 10.9. The van der Waals surface area contributed by atoms with E-state index in [1.54, 1.807) is 23.5 Å². The number of aryl methyl sites for hydroxylation is 2. The highest BCUT2D eigenvalue weighted by atomic mass is 32.2. The van der Waals surface area contributed by atoms with Gasteiger partial charge in [0.15, 0.2) is 0 Å². The van der Waals surface area contributed by atoms with E-state index in [0.29, 0.717) is 5.39 Å². The van der Waals surface area contributed by atoms with E-state index in [1.807, 2.05) is 0 Å². The zero-order valence-electron chi connectivity index (χ0n) is 14.2. The van der Waals surface area contributed by atoms with Crippen LogP contribution in [0.3, 0.4) is 0 Å². The fourth-order valence-corrected chi connectivity index (χ4v) is 6.61. The molecule has 0 saturated heterocycles. The van der Waals surface area contributed by atoms with Gasteiger partial charge < -0.3 is 0 Å². The molecule has 138 valence electrons. The minimum absolute atomic E-state index is 0.0200. The second-order valence-electron chi connectivity index (χ2n) is 6.66. The van der Waals surface area contributed by atoms with Crippen LogP contribution in [-0.4, -0.2) is 34.7 Å². The predicted molar refractivity (Wildman–Crippen MR) is 101 cm³/mol. The van der Waals surface area contributed by atoms with Crippen LogP contribution in [0, 0.1) is 0 Å². The number of nitrogens with zero attached hydrogens (tertiary/aromatic N) is 3. The summed E-state index contributed by atoms with van der Waals surface area (Å²) in [5.74, 6) is -0.552. The van der Waals surface area contributed by atoms with Crippen LogP contribution in [-0.2, 0) is 29.4 Å². The fraction of sp³-hybridized carbons (Fsp3) is 0.278. The molecule has 1 aromatic carbocycles. The number of benzene rings is 1. The van der Waals surface area contributed by atoms with Gasteiger partial charge in [-0.15, -0.1) is 11.3 Å². The second kappa shape index (κ2) is 5.74. The second-order valence-corrected chi connectivity index (χ2v) is 9.57. The molecule has 5 rings (SSSR count). The van der Waals surface area contributed by atoms with Crippen LogP contribution in [0.1, 0.15) is 27.2 Å². The van der Waals surface area contributed by atoms with E-state index in [9.17, 15) is 18.0 Å². The fourth-order valence-electron chi connectivity index (χ4n) is 3.83. The number of hydrogen-bond acceptors (Lipinski definition) is 6. The standard InChI is InChI=1S/C18H15N3O4S2/c22-17-12-4-1-2-7-14(12)27(24,25)21(17)9-8-20-10-19-16-15(18(20)23)11-5-3-6-13(11)26-16/h1-2,4,7,10H,3,5-6,8-9H2. The lowest BCUT2D eigenvalue weighted by molar-refractivity contribution is 0.0868. The third kappa shape index (κ3) is 2.31. The van der Waals surface area contributed by atoms with E-state index in [4.69, 9.17) is 0 Å². The van der Waals surface area contributed by atoms with Crippen molar-refractivity contribution < 1.29 is 13.2 Å². The molecule has 0 fully saturated rings. The maximum atomic E-state index is 12.9. The van der Waals surface area contributed by atoms with E-state index >= 15 is 0 Å². The smallest absolute Gasteiger partial charge is 0.269 e. The molecule has 0 unspecified atom stereocenters. The number of amides is 1. The Bertz CT molecular complexity index is 1270. The van der Waals surface area contributed by atoms with Crippen LogP contribution in [0.2, 0.25) is 0 Å². The lowest BCUT2D eigenvalue weighted by atomic mass is 10.2. The molecule has 27 heavy (non-hydrogen) atoms. The molecule has 9 heteroatoms. The summed E-state index contributed by atoms with van der Waals surface area (Å²) >= 11 is 1.56. The number of hydrogen-bond donors (Lipinski definition) is 0. The number of thiophene rings is 1. The van der Waals surface area contributed by atoms with Crippen LogP contribution in [0.5, 0.6) is 0 Å². The topological polar surface area (TPSA) is 89.3 Å². The molecule has 1 aliphatic carbocycles. The predicted octanol–water partition coefficient (Wildman–Crippen LogP) is 1.79. The van der Waals surface area contributed by atoms with Crippen LogP contribution < -0.4 is 5.56 Å². The summed E-state index contributed by atoms with van der Waals surface area (Å²) in [5, 5.41) is 0.647. The Balaban J connectivity index is 1.48. The van der Waals surface area contributed by atoms with Crippen molar-refractivity contribution in [1.29, 1.82) is 0 Å². The first-order valence-electron chi connectivity index (χ1n) is 8.64. The molecule has 1 aliphatic heterocycles. The third-order valence-electron chi connectivity index (χ3n) is 5.15. The summed E-state index contributed by atoms with van der Waals surface area (Å²) in [5.41, 5.74) is 1.09. The molecule has 1 amide bonds. The number of sulfonamides is 1. The van der Waals surface area contributed by atoms with Crippen molar-refractivity contribution in [1.82, 2.24) is 13.9 Å². The van der Waals surface area contributed by atoms with Crippen molar-refractivity contribution >= 4 is 37.5 Å². The van der Waals surface area contributed by atoms with E-state index in [0.717, 1.165) is 34.0 Å². The Morgan fingerprint density at radius 1 is 1.11 bits per heavy atom. The SMILES string of the molecule is O=C1c2ccccc2S(=O)(=O)N1CCn1cnc2sc3c(c2c1=O)CCC3. The van der Waals surface area contributed by atoms with Crippen molar-refractivity contribution in [3.63, 3.8) is 0 Å². The van der Waals surface area contributed by atoms with Gasteiger partial charge in [0.1, 0.15) is 9.73 Å². The molecule has 2 aromatic heterocycles. The number of fused-ring (bicyclic) bond motifs is 4. The molecule has 2 aliphatic rings. The van der Waals surface area contributed by atoms with E-state index in [-0.39, 0.29) is 29.1 Å².